The Morgan fingerprint density at radius 3 is 1.23 bits per heavy atom. The van der Waals surface area contributed by atoms with E-state index in [1.165, 1.54) is 0 Å². The predicted molar refractivity (Wildman–Crippen MR) is 138 cm³/mol. The van der Waals surface area contributed by atoms with E-state index in [0.717, 1.165) is 0 Å². The number of rotatable bonds is 10. The molecule has 0 saturated carbocycles. The number of para-hydroxylation sites is 2. The number of carbonyl (C=O) groups is 2. The van der Waals surface area contributed by atoms with Gasteiger partial charge in [0.1, 0.15) is 11.5 Å². The molecule has 4 nitrogen and oxygen atoms in total. The van der Waals surface area contributed by atoms with E-state index < -0.39 is 12.2 Å². The van der Waals surface area contributed by atoms with E-state index in [-0.39, 0.29) is 18.0 Å². The molecule has 0 aliphatic heterocycles. The van der Waals surface area contributed by atoms with Gasteiger partial charge in [0, 0.05) is 27.6 Å². The molecule has 0 heterocycles. The molecular formula is C29H22Cl2O4. The maximum atomic E-state index is 13.5. The van der Waals surface area contributed by atoms with E-state index in [4.69, 9.17) is 32.7 Å². The van der Waals surface area contributed by atoms with Crippen molar-refractivity contribution in [3.8, 4) is 11.5 Å². The van der Waals surface area contributed by atoms with E-state index in [1.807, 2.05) is 36.4 Å². The lowest BCUT2D eigenvalue weighted by Crippen LogP contribution is -2.38. The highest BCUT2D eigenvalue weighted by atomic mass is 35.5. The van der Waals surface area contributed by atoms with Crippen LogP contribution in [0.25, 0.3) is 0 Å². The molecule has 0 aliphatic carbocycles. The fourth-order valence-corrected chi connectivity index (χ4v) is 3.79. The molecule has 0 amide bonds. The van der Waals surface area contributed by atoms with Gasteiger partial charge >= 0.3 is 0 Å². The van der Waals surface area contributed by atoms with Crippen molar-refractivity contribution in [2.24, 2.45) is 0 Å². The van der Waals surface area contributed by atoms with E-state index >= 15 is 0 Å². The Morgan fingerprint density at radius 2 is 0.886 bits per heavy atom. The first-order valence-electron chi connectivity index (χ1n) is 11.0. The van der Waals surface area contributed by atoms with Gasteiger partial charge in [-0.1, -0.05) is 59.6 Å². The molecule has 0 bridgehead atoms. The van der Waals surface area contributed by atoms with Gasteiger partial charge in [-0.05, 0) is 72.8 Å². The lowest BCUT2D eigenvalue weighted by molar-refractivity contribution is 0.0588. The molecule has 2 unspecified atom stereocenters. The summed E-state index contributed by atoms with van der Waals surface area (Å²) in [6, 6.07) is 31.1. The Balaban J connectivity index is 1.67. The maximum Gasteiger partial charge on any atom is 0.203 e. The van der Waals surface area contributed by atoms with Crippen molar-refractivity contribution in [1.29, 1.82) is 0 Å². The molecule has 2 atom stereocenters. The minimum Gasteiger partial charge on any atom is -0.482 e. The zero-order valence-electron chi connectivity index (χ0n) is 18.6. The van der Waals surface area contributed by atoms with Gasteiger partial charge in [0.15, 0.2) is 12.2 Å². The topological polar surface area (TPSA) is 52.6 Å². The molecule has 176 valence electrons. The highest BCUT2D eigenvalue weighted by Gasteiger charge is 2.32. The van der Waals surface area contributed by atoms with Crippen molar-refractivity contribution in [3.05, 3.63) is 130 Å². The maximum absolute atomic E-state index is 13.5. The van der Waals surface area contributed by atoms with E-state index in [1.54, 1.807) is 72.8 Å². The molecule has 0 aliphatic rings. The first kappa shape index (κ1) is 24.5. The standard InChI is InChI=1S/C29H22Cl2O4/c30-22-15-11-20(12-16-22)28(32)26(34-24-7-3-1-4-8-24)19-27(35-25-9-5-2-6-10-25)29(33)21-13-17-23(31)18-14-21/h1-18,26-27H,19H2. The second kappa shape index (κ2) is 11.7. The van der Waals surface area contributed by atoms with Crippen molar-refractivity contribution in [3.63, 3.8) is 0 Å². The first-order chi connectivity index (χ1) is 17.0. The third kappa shape index (κ3) is 6.72. The predicted octanol–water partition coefficient (Wildman–Crippen LogP) is 7.34. The lowest BCUT2D eigenvalue weighted by Gasteiger charge is -2.24. The van der Waals surface area contributed by atoms with Crippen molar-refractivity contribution in [2.45, 2.75) is 18.6 Å². The average molecular weight is 505 g/mol. The van der Waals surface area contributed by atoms with Crippen LogP contribution >= 0.6 is 23.2 Å². The first-order valence-corrected chi connectivity index (χ1v) is 11.8. The highest BCUT2D eigenvalue weighted by Crippen LogP contribution is 2.23. The molecule has 4 aromatic rings. The Bertz CT molecular complexity index is 1160. The molecule has 0 aromatic heterocycles. The third-order valence-corrected chi connectivity index (χ3v) is 5.82. The van der Waals surface area contributed by atoms with Gasteiger partial charge in [0.25, 0.3) is 0 Å². The summed E-state index contributed by atoms with van der Waals surface area (Å²) in [5.74, 6) is 0.460. The molecule has 0 N–H and O–H groups in total. The van der Waals surface area contributed by atoms with Crippen LogP contribution in [0.1, 0.15) is 27.1 Å². The smallest absolute Gasteiger partial charge is 0.203 e. The minimum absolute atomic E-state index is 0.00723. The zero-order valence-corrected chi connectivity index (χ0v) is 20.2. The van der Waals surface area contributed by atoms with Crippen LogP contribution in [0.2, 0.25) is 10.0 Å². The Kier molecular flexibility index (Phi) is 8.19. The molecule has 0 fully saturated rings. The fraction of sp³-hybridized carbons (Fsp3) is 0.103. The van der Waals surface area contributed by atoms with Gasteiger partial charge in [0.2, 0.25) is 11.6 Å². The summed E-state index contributed by atoms with van der Waals surface area (Å²) in [5.41, 5.74) is 0.848. The number of hydrogen-bond donors (Lipinski definition) is 0. The quantitative estimate of drug-likeness (QED) is 0.212. The lowest BCUT2D eigenvalue weighted by atomic mass is 9.96. The van der Waals surface area contributed by atoms with E-state index in [2.05, 4.69) is 0 Å². The molecule has 4 aromatic carbocycles. The molecule has 4 rings (SSSR count). The molecule has 0 radical (unpaired) electrons. The molecule has 6 heteroatoms. The minimum atomic E-state index is -0.983. The normalized spacial score (nSPS) is 12.4. The van der Waals surface area contributed by atoms with Crippen molar-refractivity contribution >= 4 is 34.8 Å². The van der Waals surface area contributed by atoms with Crippen LogP contribution < -0.4 is 9.47 Å². The van der Waals surface area contributed by atoms with Crippen LogP contribution in [0.4, 0.5) is 0 Å². The van der Waals surface area contributed by atoms with Gasteiger partial charge in [-0.2, -0.15) is 0 Å². The number of ether oxygens (including phenoxy) is 2. The van der Waals surface area contributed by atoms with E-state index in [0.29, 0.717) is 32.7 Å². The van der Waals surface area contributed by atoms with Gasteiger partial charge in [-0.15, -0.1) is 0 Å². The number of benzene rings is 4. The Hall–Kier alpha value is -3.60. The van der Waals surface area contributed by atoms with Crippen molar-refractivity contribution < 1.29 is 19.1 Å². The van der Waals surface area contributed by atoms with Crippen molar-refractivity contribution in [2.75, 3.05) is 0 Å². The zero-order chi connectivity index (χ0) is 24.6. The van der Waals surface area contributed by atoms with Crippen molar-refractivity contribution in [1.82, 2.24) is 0 Å². The van der Waals surface area contributed by atoms with Gasteiger partial charge in [-0.25, -0.2) is 0 Å². The van der Waals surface area contributed by atoms with E-state index in [9.17, 15) is 9.59 Å². The average Bonchev–Trinajstić information content (AvgIpc) is 2.89. The van der Waals surface area contributed by atoms with Gasteiger partial charge in [0.05, 0.1) is 0 Å². The second-order valence-electron chi connectivity index (χ2n) is 7.82. The summed E-state index contributed by atoms with van der Waals surface area (Å²) in [7, 11) is 0. The third-order valence-electron chi connectivity index (χ3n) is 5.31. The molecule has 0 saturated heterocycles. The summed E-state index contributed by atoms with van der Waals surface area (Å²) in [6.45, 7) is 0. The Labute approximate surface area is 214 Å². The van der Waals surface area contributed by atoms with Crippen LogP contribution in [-0.2, 0) is 0 Å². The second-order valence-corrected chi connectivity index (χ2v) is 8.69. The van der Waals surface area contributed by atoms with Crippen LogP contribution in [0, 0.1) is 0 Å². The summed E-state index contributed by atoms with van der Waals surface area (Å²) in [4.78, 5) is 27.0. The SMILES string of the molecule is O=C(c1ccc(Cl)cc1)C(CC(Oc1ccccc1)C(=O)c1ccc(Cl)cc1)Oc1ccccc1. The molecule has 35 heavy (non-hydrogen) atoms. The largest absolute Gasteiger partial charge is 0.482 e. The van der Waals surface area contributed by atoms with Gasteiger partial charge in [-0.3, -0.25) is 9.59 Å². The summed E-state index contributed by atoms with van der Waals surface area (Å²) >= 11 is 12.0. The van der Waals surface area contributed by atoms with Crippen LogP contribution in [0.15, 0.2) is 109 Å². The fourth-order valence-electron chi connectivity index (χ4n) is 3.54. The molecule has 0 spiro atoms. The van der Waals surface area contributed by atoms with Gasteiger partial charge < -0.3 is 9.47 Å². The number of Topliss-reactive ketones (excluding diaryl/α,β-unsaturated/α-hetero) is 2. The number of ketones is 2. The Morgan fingerprint density at radius 1 is 0.543 bits per heavy atom. The van der Waals surface area contributed by atoms with Crippen LogP contribution in [-0.4, -0.2) is 23.8 Å². The number of carbonyl (C=O) groups excluding carboxylic acids is 2. The number of halogens is 2. The summed E-state index contributed by atoms with van der Waals surface area (Å²) in [5, 5.41) is 1.04. The highest BCUT2D eigenvalue weighted by molar-refractivity contribution is 6.31. The molecular weight excluding hydrogens is 483 g/mol. The van der Waals surface area contributed by atoms with Crippen LogP contribution in [0.3, 0.4) is 0 Å². The van der Waals surface area contributed by atoms with Crippen LogP contribution in [0.5, 0.6) is 11.5 Å². The summed E-state index contributed by atoms with van der Waals surface area (Å²) in [6.07, 6.45) is -1.97. The monoisotopic (exact) mass is 504 g/mol. The number of hydrogen-bond acceptors (Lipinski definition) is 4. The summed E-state index contributed by atoms with van der Waals surface area (Å²) < 4.78 is 12.2.